The molecule has 2 amide bonds. The molecule has 2 aliphatic rings. The number of amides is 2. The standard InChI is InChI=1S/C27H34N6O3/c1-27(2,3)36-26(35)33-17-15-32(16-18-33)19-20-9-11-21(12-10-20)30-24-22(8-6-14-29-24)31-25(34)23-7-4-5-13-28-23/h4-9,11-14,20H,10,15-19H2,1-3H3,(H,29,30)(H,31,34). The van der Waals surface area contributed by atoms with Gasteiger partial charge in [0.05, 0.1) is 5.69 Å². The molecule has 3 heterocycles. The second-order valence-corrected chi connectivity index (χ2v) is 9.98. The molecule has 1 saturated heterocycles. The number of rotatable bonds is 6. The van der Waals surface area contributed by atoms with Gasteiger partial charge in [0.25, 0.3) is 5.91 Å². The molecule has 190 valence electrons. The highest BCUT2D eigenvalue weighted by Gasteiger charge is 2.26. The van der Waals surface area contributed by atoms with Gasteiger partial charge in [-0.3, -0.25) is 14.7 Å². The van der Waals surface area contributed by atoms with E-state index in [2.05, 4.69) is 43.7 Å². The van der Waals surface area contributed by atoms with Crippen molar-refractivity contribution in [2.45, 2.75) is 32.8 Å². The highest BCUT2D eigenvalue weighted by molar-refractivity contribution is 6.04. The van der Waals surface area contributed by atoms with E-state index in [0.717, 1.165) is 31.8 Å². The number of piperazine rings is 1. The number of allylic oxidation sites excluding steroid dienone is 2. The fourth-order valence-corrected chi connectivity index (χ4v) is 4.09. The lowest BCUT2D eigenvalue weighted by molar-refractivity contribution is 0.0138. The van der Waals surface area contributed by atoms with Crippen molar-refractivity contribution in [3.63, 3.8) is 0 Å². The van der Waals surface area contributed by atoms with Gasteiger partial charge in [0.1, 0.15) is 11.3 Å². The number of aromatic nitrogens is 2. The molecule has 36 heavy (non-hydrogen) atoms. The van der Waals surface area contributed by atoms with Gasteiger partial charge in [-0.15, -0.1) is 0 Å². The van der Waals surface area contributed by atoms with Gasteiger partial charge in [-0.05, 0) is 63.5 Å². The first-order valence-corrected chi connectivity index (χ1v) is 12.3. The number of hydrogen-bond donors (Lipinski definition) is 2. The number of carbonyl (C=O) groups excluding carboxylic acids is 2. The minimum absolute atomic E-state index is 0.233. The Balaban J connectivity index is 1.26. The predicted octanol–water partition coefficient (Wildman–Crippen LogP) is 4.15. The lowest BCUT2D eigenvalue weighted by atomic mass is 9.98. The summed E-state index contributed by atoms with van der Waals surface area (Å²) in [7, 11) is 0. The van der Waals surface area contributed by atoms with Crippen LogP contribution < -0.4 is 10.6 Å². The van der Waals surface area contributed by atoms with Gasteiger partial charge < -0.3 is 20.3 Å². The van der Waals surface area contributed by atoms with Gasteiger partial charge in [-0.25, -0.2) is 9.78 Å². The average Bonchev–Trinajstić information content (AvgIpc) is 2.86. The Morgan fingerprint density at radius 3 is 2.50 bits per heavy atom. The van der Waals surface area contributed by atoms with E-state index < -0.39 is 5.60 Å². The molecule has 1 fully saturated rings. The zero-order chi connectivity index (χ0) is 25.5. The summed E-state index contributed by atoms with van der Waals surface area (Å²) in [6, 6.07) is 8.81. The first-order valence-electron chi connectivity index (χ1n) is 12.3. The topological polar surface area (TPSA) is 99.7 Å². The van der Waals surface area contributed by atoms with E-state index in [9.17, 15) is 9.59 Å². The van der Waals surface area contributed by atoms with E-state index in [-0.39, 0.29) is 12.0 Å². The maximum Gasteiger partial charge on any atom is 0.410 e. The molecule has 9 heteroatoms. The van der Waals surface area contributed by atoms with E-state index in [1.807, 2.05) is 26.8 Å². The Morgan fingerprint density at radius 1 is 1.06 bits per heavy atom. The van der Waals surface area contributed by atoms with Crippen molar-refractivity contribution in [3.05, 3.63) is 72.3 Å². The number of nitrogens with one attached hydrogen (secondary N) is 2. The maximum absolute atomic E-state index is 12.5. The van der Waals surface area contributed by atoms with Gasteiger partial charge in [0, 0.05) is 50.8 Å². The molecule has 2 N–H and O–H groups in total. The minimum Gasteiger partial charge on any atom is -0.444 e. The van der Waals surface area contributed by atoms with Gasteiger partial charge in [-0.1, -0.05) is 18.2 Å². The van der Waals surface area contributed by atoms with Crippen molar-refractivity contribution in [1.82, 2.24) is 19.8 Å². The van der Waals surface area contributed by atoms with Crippen LogP contribution in [0.3, 0.4) is 0 Å². The third kappa shape index (κ3) is 7.14. The number of hydrogen-bond acceptors (Lipinski definition) is 7. The summed E-state index contributed by atoms with van der Waals surface area (Å²) in [6.45, 7) is 9.65. The highest BCUT2D eigenvalue weighted by Crippen LogP contribution is 2.24. The lowest BCUT2D eigenvalue weighted by Crippen LogP contribution is -2.50. The molecule has 4 rings (SSSR count). The summed E-state index contributed by atoms with van der Waals surface area (Å²) in [5, 5.41) is 6.21. The fourth-order valence-electron chi connectivity index (χ4n) is 4.09. The fraction of sp³-hybridized carbons (Fsp3) is 0.407. The van der Waals surface area contributed by atoms with Crippen LogP contribution in [0.2, 0.25) is 0 Å². The van der Waals surface area contributed by atoms with E-state index in [1.165, 1.54) is 0 Å². The normalized spacial score (nSPS) is 18.4. The van der Waals surface area contributed by atoms with E-state index >= 15 is 0 Å². The van der Waals surface area contributed by atoms with Crippen LogP contribution in [0.25, 0.3) is 0 Å². The van der Waals surface area contributed by atoms with Crippen molar-refractivity contribution in [3.8, 4) is 0 Å². The van der Waals surface area contributed by atoms with Crippen LogP contribution in [0.1, 0.15) is 37.7 Å². The molecule has 0 saturated carbocycles. The predicted molar refractivity (Wildman–Crippen MR) is 140 cm³/mol. The molecule has 0 spiro atoms. The first-order chi connectivity index (χ1) is 17.3. The van der Waals surface area contributed by atoms with Crippen molar-refractivity contribution < 1.29 is 14.3 Å². The molecular formula is C27H34N6O3. The maximum atomic E-state index is 12.5. The van der Waals surface area contributed by atoms with E-state index in [0.29, 0.717) is 36.2 Å². The van der Waals surface area contributed by atoms with Gasteiger partial charge in [0.2, 0.25) is 0 Å². The number of ether oxygens (including phenoxy) is 1. The second-order valence-electron chi connectivity index (χ2n) is 9.98. The highest BCUT2D eigenvalue weighted by atomic mass is 16.6. The molecule has 1 aliphatic carbocycles. The molecule has 2 aromatic heterocycles. The van der Waals surface area contributed by atoms with E-state index in [4.69, 9.17) is 4.74 Å². The van der Waals surface area contributed by atoms with Gasteiger partial charge in [0.15, 0.2) is 5.82 Å². The summed E-state index contributed by atoms with van der Waals surface area (Å²) >= 11 is 0. The Bertz CT molecular complexity index is 1120. The second kappa shape index (κ2) is 11.3. The number of nitrogens with zero attached hydrogens (tertiary/aromatic N) is 4. The van der Waals surface area contributed by atoms with Crippen molar-refractivity contribution >= 4 is 23.5 Å². The van der Waals surface area contributed by atoms with Crippen LogP contribution in [0.4, 0.5) is 16.3 Å². The number of pyridine rings is 2. The smallest absolute Gasteiger partial charge is 0.410 e. The molecular weight excluding hydrogens is 456 g/mol. The Labute approximate surface area is 212 Å². The zero-order valence-corrected chi connectivity index (χ0v) is 21.1. The van der Waals surface area contributed by atoms with Crippen molar-refractivity contribution in [1.29, 1.82) is 0 Å². The SMILES string of the molecule is CC(C)(C)OC(=O)N1CCN(CC2C=CC(Nc3ncccc3NC(=O)c3ccccn3)=CC2)CC1. The van der Waals surface area contributed by atoms with Gasteiger partial charge in [-0.2, -0.15) is 0 Å². The largest absolute Gasteiger partial charge is 0.444 e. The van der Waals surface area contributed by atoms with E-state index in [1.54, 1.807) is 41.6 Å². The first kappa shape index (κ1) is 25.4. The monoisotopic (exact) mass is 490 g/mol. The minimum atomic E-state index is -0.472. The number of anilines is 2. The zero-order valence-electron chi connectivity index (χ0n) is 21.1. The van der Waals surface area contributed by atoms with Crippen molar-refractivity contribution in [2.75, 3.05) is 43.4 Å². The molecule has 0 bridgehead atoms. The lowest BCUT2D eigenvalue weighted by Gasteiger charge is -2.36. The Morgan fingerprint density at radius 2 is 1.83 bits per heavy atom. The van der Waals surface area contributed by atoms with Gasteiger partial charge >= 0.3 is 6.09 Å². The molecule has 9 nitrogen and oxygen atoms in total. The third-order valence-corrected chi connectivity index (χ3v) is 5.92. The Kier molecular flexibility index (Phi) is 8.00. The van der Waals surface area contributed by atoms with Crippen molar-refractivity contribution in [2.24, 2.45) is 5.92 Å². The molecule has 2 aromatic rings. The summed E-state index contributed by atoms with van der Waals surface area (Å²) < 4.78 is 5.49. The van der Waals surface area contributed by atoms with Crippen LogP contribution >= 0.6 is 0 Å². The summed E-state index contributed by atoms with van der Waals surface area (Å²) in [5.74, 6) is 0.691. The van der Waals surface area contributed by atoms with Crippen LogP contribution in [-0.2, 0) is 4.74 Å². The van der Waals surface area contributed by atoms with Crippen LogP contribution in [0.15, 0.2) is 66.7 Å². The van der Waals surface area contributed by atoms with Crippen LogP contribution in [-0.4, -0.2) is 70.1 Å². The molecule has 1 unspecified atom stereocenters. The number of carbonyl (C=O) groups is 2. The molecule has 1 aliphatic heterocycles. The van der Waals surface area contributed by atoms with Crippen LogP contribution in [0.5, 0.6) is 0 Å². The summed E-state index contributed by atoms with van der Waals surface area (Å²) in [6.07, 6.45) is 10.4. The molecule has 1 atom stereocenters. The third-order valence-electron chi connectivity index (χ3n) is 5.92. The average molecular weight is 491 g/mol. The summed E-state index contributed by atoms with van der Waals surface area (Å²) in [4.78, 5) is 37.5. The molecule has 0 aromatic carbocycles. The van der Waals surface area contributed by atoms with Crippen LogP contribution in [0, 0.1) is 5.92 Å². The molecule has 0 radical (unpaired) electrons. The quantitative estimate of drug-likeness (QED) is 0.627. The Hall–Kier alpha value is -3.72. The summed E-state index contributed by atoms with van der Waals surface area (Å²) in [5.41, 5.74) is 1.40.